The zero-order valence-electron chi connectivity index (χ0n) is 7.10. The summed E-state index contributed by atoms with van der Waals surface area (Å²) in [6.45, 7) is 0. The van der Waals surface area contributed by atoms with Crippen LogP contribution in [0, 0.1) is 0 Å². The summed E-state index contributed by atoms with van der Waals surface area (Å²) < 4.78 is 3.98. The van der Waals surface area contributed by atoms with Crippen molar-refractivity contribution in [1.82, 2.24) is 4.31 Å². The molecule has 0 saturated heterocycles. The van der Waals surface area contributed by atoms with Gasteiger partial charge in [0.05, 0.1) is 12.1 Å². The van der Waals surface area contributed by atoms with E-state index in [1.165, 1.54) is 7.05 Å². The number of para-hydroxylation sites is 1. The van der Waals surface area contributed by atoms with Crippen molar-refractivity contribution in [2.75, 3.05) is 11.8 Å². The van der Waals surface area contributed by atoms with E-state index in [2.05, 4.69) is 4.72 Å². The van der Waals surface area contributed by atoms with Crippen LogP contribution in [0.1, 0.15) is 0 Å². The number of amides is 1. The predicted octanol–water partition coefficient (Wildman–Crippen LogP) is 2.27. The normalized spacial score (nSPS) is 9.31. The number of carbonyl (C=O) groups is 1. The van der Waals surface area contributed by atoms with E-state index in [-0.39, 0.29) is 0 Å². The third-order valence-corrected chi connectivity index (χ3v) is 2.10. The molecule has 1 amide bonds. The van der Waals surface area contributed by atoms with Crippen molar-refractivity contribution < 1.29 is 9.90 Å². The average molecular weight is 198 g/mol. The largest absolute Gasteiger partial charge is 0.464 e. The highest BCUT2D eigenvalue weighted by Crippen LogP contribution is 2.13. The number of anilines is 1. The van der Waals surface area contributed by atoms with Crippen LogP contribution in [-0.2, 0) is 0 Å². The fourth-order valence-corrected chi connectivity index (χ4v) is 1.12. The van der Waals surface area contributed by atoms with E-state index in [1.54, 1.807) is 0 Å². The summed E-state index contributed by atoms with van der Waals surface area (Å²) in [7, 11) is 1.48. The Kier molecular flexibility index (Phi) is 3.45. The molecule has 5 heteroatoms. The molecule has 0 aliphatic carbocycles. The summed E-state index contributed by atoms with van der Waals surface area (Å²) >= 11 is 1.02. The number of hydrogen-bond acceptors (Lipinski definition) is 3. The van der Waals surface area contributed by atoms with E-state index in [4.69, 9.17) is 5.11 Å². The first-order valence-electron chi connectivity index (χ1n) is 3.65. The fraction of sp³-hybridized carbons (Fsp3) is 0.125. The average Bonchev–Trinajstić information content (AvgIpc) is 2.15. The van der Waals surface area contributed by atoms with E-state index in [9.17, 15) is 4.79 Å². The van der Waals surface area contributed by atoms with Gasteiger partial charge in [-0.3, -0.25) is 0 Å². The molecule has 4 nitrogen and oxygen atoms in total. The van der Waals surface area contributed by atoms with E-state index >= 15 is 0 Å². The summed E-state index contributed by atoms with van der Waals surface area (Å²) in [6, 6.07) is 9.38. The van der Waals surface area contributed by atoms with Gasteiger partial charge in [-0.2, -0.15) is 0 Å². The van der Waals surface area contributed by atoms with Gasteiger partial charge in [0.15, 0.2) is 0 Å². The summed E-state index contributed by atoms with van der Waals surface area (Å²) in [6.07, 6.45) is -0.978. The van der Waals surface area contributed by atoms with Gasteiger partial charge in [0.25, 0.3) is 0 Å². The molecule has 13 heavy (non-hydrogen) atoms. The van der Waals surface area contributed by atoms with Crippen molar-refractivity contribution in [2.24, 2.45) is 0 Å². The number of nitrogens with zero attached hydrogens (tertiary/aromatic N) is 1. The molecule has 1 aromatic carbocycles. The summed E-state index contributed by atoms with van der Waals surface area (Å²) in [5, 5.41) is 8.53. The molecule has 0 heterocycles. The standard InChI is InChI=1S/C8H10N2O2S/c1-10(8(11)12)13-9-7-5-3-2-4-6-7/h2-6,9H,1H3,(H,11,12). The topological polar surface area (TPSA) is 52.6 Å². The molecule has 0 fully saturated rings. The van der Waals surface area contributed by atoms with Gasteiger partial charge in [0.2, 0.25) is 0 Å². The molecule has 0 saturated carbocycles. The first-order chi connectivity index (χ1) is 6.20. The number of rotatable bonds is 3. The number of carboxylic acid groups (broad SMARTS) is 1. The van der Waals surface area contributed by atoms with E-state index in [1.807, 2.05) is 30.3 Å². The minimum absolute atomic E-state index is 0.876. The molecule has 1 rings (SSSR count). The molecule has 0 aromatic heterocycles. The summed E-state index contributed by atoms with van der Waals surface area (Å²) in [5.41, 5.74) is 0.876. The summed E-state index contributed by atoms with van der Waals surface area (Å²) in [4.78, 5) is 10.4. The smallest absolute Gasteiger partial charge is 0.418 e. The van der Waals surface area contributed by atoms with Gasteiger partial charge in [-0.05, 0) is 12.1 Å². The van der Waals surface area contributed by atoms with Crippen LogP contribution >= 0.6 is 12.1 Å². The Hall–Kier alpha value is -1.36. The lowest BCUT2D eigenvalue weighted by Crippen LogP contribution is -2.18. The maximum Gasteiger partial charge on any atom is 0.418 e. The fourth-order valence-electron chi connectivity index (χ4n) is 0.666. The third kappa shape index (κ3) is 3.25. The number of nitrogens with one attached hydrogen (secondary N) is 1. The molecule has 2 N–H and O–H groups in total. The first kappa shape index (κ1) is 9.73. The van der Waals surface area contributed by atoms with Crippen LogP contribution in [0.3, 0.4) is 0 Å². The lowest BCUT2D eigenvalue weighted by molar-refractivity contribution is 0.181. The Labute approximate surface area is 80.8 Å². The molecule has 0 aliphatic heterocycles. The Morgan fingerprint density at radius 3 is 2.62 bits per heavy atom. The molecule has 0 spiro atoms. The number of benzene rings is 1. The Bertz CT molecular complexity index is 279. The zero-order valence-corrected chi connectivity index (χ0v) is 7.91. The lowest BCUT2D eigenvalue weighted by atomic mass is 10.3. The molecular weight excluding hydrogens is 188 g/mol. The van der Waals surface area contributed by atoms with Crippen LogP contribution in [0.25, 0.3) is 0 Å². The molecule has 0 aliphatic rings. The lowest BCUT2D eigenvalue weighted by Gasteiger charge is -2.11. The van der Waals surface area contributed by atoms with Crippen molar-refractivity contribution in [2.45, 2.75) is 0 Å². The highest BCUT2D eigenvalue weighted by molar-refractivity contribution is 7.98. The SMILES string of the molecule is CN(SNc1ccccc1)C(=O)O. The molecule has 0 radical (unpaired) electrons. The third-order valence-electron chi connectivity index (χ3n) is 1.34. The van der Waals surface area contributed by atoms with Crippen LogP contribution < -0.4 is 4.72 Å². The van der Waals surface area contributed by atoms with Crippen molar-refractivity contribution in [3.05, 3.63) is 30.3 Å². The van der Waals surface area contributed by atoms with Crippen molar-refractivity contribution in [1.29, 1.82) is 0 Å². The molecule has 0 bridgehead atoms. The second-order valence-corrected chi connectivity index (χ2v) is 3.27. The maximum atomic E-state index is 10.4. The van der Waals surface area contributed by atoms with Crippen LogP contribution in [0.15, 0.2) is 30.3 Å². The van der Waals surface area contributed by atoms with Gasteiger partial charge >= 0.3 is 6.09 Å². The molecule has 1 aromatic rings. The van der Waals surface area contributed by atoms with Crippen molar-refractivity contribution in [3.8, 4) is 0 Å². The Morgan fingerprint density at radius 2 is 2.08 bits per heavy atom. The first-order valence-corrected chi connectivity index (χ1v) is 4.42. The van der Waals surface area contributed by atoms with Crippen LogP contribution in [0.5, 0.6) is 0 Å². The summed E-state index contributed by atoms with van der Waals surface area (Å²) in [5.74, 6) is 0. The van der Waals surface area contributed by atoms with Gasteiger partial charge in [-0.15, -0.1) is 0 Å². The monoisotopic (exact) mass is 198 g/mol. The minimum Gasteiger partial charge on any atom is -0.464 e. The molecule has 70 valence electrons. The Morgan fingerprint density at radius 1 is 1.46 bits per heavy atom. The molecule has 0 atom stereocenters. The highest BCUT2D eigenvalue weighted by atomic mass is 32.2. The molecular formula is C8H10N2O2S. The van der Waals surface area contributed by atoms with Crippen LogP contribution in [-0.4, -0.2) is 22.6 Å². The van der Waals surface area contributed by atoms with Gasteiger partial charge in [0, 0.05) is 12.7 Å². The van der Waals surface area contributed by atoms with Crippen molar-refractivity contribution >= 4 is 23.9 Å². The number of hydrogen-bond donors (Lipinski definition) is 2. The van der Waals surface area contributed by atoms with Gasteiger partial charge in [-0.25, -0.2) is 9.10 Å². The van der Waals surface area contributed by atoms with Gasteiger partial charge in [-0.1, -0.05) is 18.2 Å². The second kappa shape index (κ2) is 4.61. The van der Waals surface area contributed by atoms with Gasteiger partial charge in [0.1, 0.15) is 0 Å². The predicted molar refractivity (Wildman–Crippen MR) is 53.4 cm³/mol. The Balaban J connectivity index is 2.39. The van der Waals surface area contributed by atoms with E-state index in [0.29, 0.717) is 0 Å². The van der Waals surface area contributed by atoms with Crippen molar-refractivity contribution in [3.63, 3.8) is 0 Å². The van der Waals surface area contributed by atoms with Gasteiger partial charge < -0.3 is 9.83 Å². The quantitative estimate of drug-likeness (QED) is 0.731. The zero-order chi connectivity index (χ0) is 9.68. The van der Waals surface area contributed by atoms with E-state index in [0.717, 1.165) is 22.1 Å². The van der Waals surface area contributed by atoms with E-state index < -0.39 is 6.09 Å². The van der Waals surface area contributed by atoms with Crippen LogP contribution in [0.4, 0.5) is 10.5 Å². The minimum atomic E-state index is -0.978. The maximum absolute atomic E-state index is 10.4. The van der Waals surface area contributed by atoms with Crippen LogP contribution in [0.2, 0.25) is 0 Å². The molecule has 0 unspecified atom stereocenters. The highest BCUT2D eigenvalue weighted by Gasteiger charge is 2.04. The second-order valence-electron chi connectivity index (χ2n) is 2.34.